The minimum Gasteiger partial charge on any atom is -0.348 e. The number of carbonyl (C=O) groups is 1. The zero-order valence-corrected chi connectivity index (χ0v) is 13.0. The summed E-state index contributed by atoms with van der Waals surface area (Å²) in [6.07, 6.45) is 0. The van der Waals surface area contributed by atoms with Crippen LogP contribution in [0, 0.1) is 17.9 Å². The number of oxime groups is 1. The van der Waals surface area contributed by atoms with Crippen LogP contribution < -0.4 is 4.90 Å². The van der Waals surface area contributed by atoms with Gasteiger partial charge < -0.3 is 14.6 Å². The van der Waals surface area contributed by atoms with E-state index in [4.69, 9.17) is 16.7 Å². The quantitative estimate of drug-likeness (QED) is 0.368. The second kappa shape index (κ2) is 8.11. The van der Waals surface area contributed by atoms with Crippen LogP contribution in [0.2, 0.25) is 0 Å². The van der Waals surface area contributed by atoms with E-state index in [1.54, 1.807) is 42.3 Å². The second-order valence-electron chi connectivity index (χ2n) is 4.81. The molecule has 2 rings (SSSR count). The number of hydrogen-bond acceptors (Lipinski definition) is 4. The summed E-state index contributed by atoms with van der Waals surface area (Å²) in [5, 5.41) is 12.0. The molecule has 2 aromatic rings. The summed E-state index contributed by atoms with van der Waals surface area (Å²) in [4.78, 5) is 21.8. The second-order valence-corrected chi connectivity index (χ2v) is 4.81. The van der Waals surface area contributed by atoms with Gasteiger partial charge in [-0.15, -0.1) is 0 Å². The van der Waals surface area contributed by atoms with E-state index in [0.29, 0.717) is 5.56 Å². The van der Waals surface area contributed by atoms with Gasteiger partial charge in [-0.1, -0.05) is 36.9 Å². The highest BCUT2D eigenvalue weighted by Gasteiger charge is 2.13. The Labute approximate surface area is 140 Å². The van der Waals surface area contributed by atoms with Crippen LogP contribution in [0.1, 0.15) is 15.9 Å². The fraction of sp³-hybridized carbons (Fsp3) is 0.111. The van der Waals surface area contributed by atoms with Crippen LogP contribution in [-0.2, 0) is 11.4 Å². The molecule has 0 N–H and O–H groups in total. The summed E-state index contributed by atoms with van der Waals surface area (Å²) in [7, 11) is 1.72. The van der Waals surface area contributed by atoms with Crippen molar-refractivity contribution in [3.63, 3.8) is 0 Å². The highest BCUT2D eigenvalue weighted by molar-refractivity contribution is 6.05. The van der Waals surface area contributed by atoms with Gasteiger partial charge >= 0.3 is 5.84 Å². The molecule has 0 saturated heterocycles. The molecule has 0 bridgehead atoms. The van der Waals surface area contributed by atoms with Crippen molar-refractivity contribution in [1.82, 2.24) is 0 Å². The lowest BCUT2D eigenvalue weighted by molar-refractivity contribution is 0.0992. The molecule has 0 aliphatic carbocycles. The van der Waals surface area contributed by atoms with Gasteiger partial charge in [-0.25, -0.2) is 5.26 Å². The fourth-order valence-electron chi connectivity index (χ4n) is 1.94. The molecule has 6 nitrogen and oxygen atoms in total. The van der Waals surface area contributed by atoms with Gasteiger partial charge in [0.2, 0.25) is 0 Å². The number of anilines is 1. The molecule has 0 unspecified atom stereocenters. The number of rotatable bonds is 5. The van der Waals surface area contributed by atoms with E-state index >= 15 is 0 Å². The van der Waals surface area contributed by atoms with Crippen molar-refractivity contribution in [2.24, 2.45) is 5.16 Å². The normalized spacial score (nSPS) is 10.4. The van der Waals surface area contributed by atoms with Crippen molar-refractivity contribution >= 4 is 17.4 Å². The van der Waals surface area contributed by atoms with Crippen molar-refractivity contribution in [3.8, 4) is 6.07 Å². The third-order valence-corrected chi connectivity index (χ3v) is 3.24. The highest BCUT2D eigenvalue weighted by Crippen LogP contribution is 2.15. The zero-order valence-electron chi connectivity index (χ0n) is 13.0. The molecule has 118 valence electrons. The van der Waals surface area contributed by atoms with E-state index in [1.165, 1.54) is 0 Å². The van der Waals surface area contributed by atoms with Crippen LogP contribution in [0.15, 0.2) is 59.8 Å². The SMILES string of the molecule is [C-]#[N+]/C(C#N)=N\OCc1ccc(C(=O)N(C)c2ccccc2)cc1. The number of para-hydroxylation sites is 1. The van der Waals surface area contributed by atoms with Crippen LogP contribution in [-0.4, -0.2) is 18.8 Å². The predicted molar refractivity (Wildman–Crippen MR) is 90.1 cm³/mol. The summed E-state index contributed by atoms with van der Waals surface area (Å²) in [6, 6.07) is 17.9. The lowest BCUT2D eigenvalue weighted by atomic mass is 10.1. The molecule has 0 spiro atoms. The zero-order chi connectivity index (χ0) is 17.4. The number of amidine groups is 1. The van der Waals surface area contributed by atoms with E-state index in [0.717, 1.165) is 11.3 Å². The molecule has 0 radical (unpaired) electrons. The molecule has 0 atom stereocenters. The Morgan fingerprint density at radius 2 is 1.92 bits per heavy atom. The summed E-state index contributed by atoms with van der Waals surface area (Å²) >= 11 is 0. The van der Waals surface area contributed by atoms with E-state index in [1.807, 2.05) is 30.3 Å². The minimum atomic E-state index is -0.355. The molecule has 0 aliphatic rings. The first kappa shape index (κ1) is 16.7. The van der Waals surface area contributed by atoms with E-state index in [9.17, 15) is 4.79 Å². The Kier molecular flexibility index (Phi) is 5.65. The summed E-state index contributed by atoms with van der Waals surface area (Å²) < 4.78 is 0. The Balaban J connectivity index is 2.02. The first-order valence-electron chi connectivity index (χ1n) is 7.05. The maximum Gasteiger partial charge on any atom is 0.392 e. The molecule has 0 saturated carbocycles. The molecule has 0 aliphatic heterocycles. The maximum absolute atomic E-state index is 12.4. The topological polar surface area (TPSA) is 70.0 Å². The van der Waals surface area contributed by atoms with Gasteiger partial charge in [0.15, 0.2) is 6.61 Å². The van der Waals surface area contributed by atoms with Crippen molar-refractivity contribution in [1.29, 1.82) is 5.26 Å². The summed E-state index contributed by atoms with van der Waals surface area (Å²) in [5.74, 6) is -0.474. The van der Waals surface area contributed by atoms with Crippen molar-refractivity contribution in [3.05, 3.63) is 77.1 Å². The Morgan fingerprint density at radius 1 is 1.25 bits per heavy atom. The third-order valence-electron chi connectivity index (χ3n) is 3.24. The van der Waals surface area contributed by atoms with E-state index in [-0.39, 0.29) is 18.3 Å². The van der Waals surface area contributed by atoms with Gasteiger partial charge in [0.05, 0.1) is 5.16 Å². The number of nitrogens with zero attached hydrogens (tertiary/aromatic N) is 4. The van der Waals surface area contributed by atoms with Crippen molar-refractivity contribution < 1.29 is 9.63 Å². The number of carbonyl (C=O) groups excluding carboxylic acids is 1. The van der Waals surface area contributed by atoms with E-state index < -0.39 is 0 Å². The van der Waals surface area contributed by atoms with Crippen LogP contribution >= 0.6 is 0 Å². The lowest BCUT2D eigenvalue weighted by Gasteiger charge is -2.17. The maximum atomic E-state index is 12.4. The fourth-order valence-corrected chi connectivity index (χ4v) is 1.94. The van der Waals surface area contributed by atoms with Gasteiger partial charge in [-0.3, -0.25) is 4.79 Å². The number of nitriles is 1. The van der Waals surface area contributed by atoms with Crippen molar-refractivity contribution in [2.75, 3.05) is 11.9 Å². The first-order chi connectivity index (χ1) is 11.7. The number of amides is 1. The molecule has 0 heterocycles. The molecule has 1 amide bonds. The minimum absolute atomic E-state index is 0.115. The molecular formula is C18H14N4O2. The van der Waals surface area contributed by atoms with E-state index in [2.05, 4.69) is 10.0 Å². The van der Waals surface area contributed by atoms with Gasteiger partial charge in [-0.2, -0.15) is 0 Å². The third kappa shape index (κ3) is 4.19. The Morgan fingerprint density at radius 3 is 2.50 bits per heavy atom. The number of benzene rings is 2. The van der Waals surface area contributed by atoms with Crippen LogP contribution in [0.5, 0.6) is 0 Å². The summed E-state index contributed by atoms with van der Waals surface area (Å²) in [5.41, 5.74) is 2.14. The Bertz CT molecular complexity index is 799. The molecule has 2 aromatic carbocycles. The number of hydrogen-bond donors (Lipinski definition) is 0. The monoisotopic (exact) mass is 318 g/mol. The lowest BCUT2D eigenvalue weighted by Crippen LogP contribution is -2.26. The van der Waals surface area contributed by atoms with Crippen molar-refractivity contribution in [2.45, 2.75) is 6.61 Å². The first-order valence-corrected chi connectivity index (χ1v) is 7.05. The smallest absolute Gasteiger partial charge is 0.348 e. The van der Waals surface area contributed by atoms with Crippen LogP contribution in [0.4, 0.5) is 5.69 Å². The molecule has 24 heavy (non-hydrogen) atoms. The molecule has 0 fully saturated rings. The van der Waals surface area contributed by atoms with Gasteiger partial charge in [0, 0.05) is 18.3 Å². The van der Waals surface area contributed by atoms with Crippen LogP contribution in [0.3, 0.4) is 0 Å². The molecule has 6 heteroatoms. The predicted octanol–water partition coefficient (Wildman–Crippen LogP) is 3.24. The van der Waals surface area contributed by atoms with Gasteiger partial charge in [0.1, 0.15) is 6.07 Å². The standard InChI is InChI=1S/C18H14N4O2/c1-20-17(12-19)21-24-13-14-8-10-15(11-9-14)18(23)22(2)16-6-4-3-5-7-16/h3-11H,13H2,2H3/b21-17-. The molecule has 0 aromatic heterocycles. The molecular weight excluding hydrogens is 304 g/mol. The van der Waals surface area contributed by atoms with Gasteiger partial charge in [0.25, 0.3) is 5.91 Å². The average Bonchev–Trinajstić information content (AvgIpc) is 2.65. The summed E-state index contributed by atoms with van der Waals surface area (Å²) in [6.45, 7) is 6.79. The highest BCUT2D eigenvalue weighted by atomic mass is 16.6. The van der Waals surface area contributed by atoms with Crippen LogP contribution in [0.25, 0.3) is 4.85 Å². The largest absolute Gasteiger partial charge is 0.392 e. The average molecular weight is 318 g/mol. The van der Waals surface area contributed by atoms with Gasteiger partial charge in [-0.05, 0) is 29.8 Å². The Hall–Kier alpha value is -3.64.